The maximum Gasteiger partial charge on any atom is 0.259 e. The number of aromatic hydroxyl groups is 1. The van der Waals surface area contributed by atoms with Crippen LogP contribution in [0.4, 0.5) is 10.7 Å². The van der Waals surface area contributed by atoms with E-state index >= 15 is 0 Å². The Morgan fingerprint density at radius 2 is 1.69 bits per heavy atom. The largest absolute Gasteiger partial charge is 0.508 e. The van der Waals surface area contributed by atoms with Crippen LogP contribution < -0.4 is 5.32 Å². The second-order valence-electron chi connectivity index (χ2n) is 7.27. The number of nitrogens with zero attached hydrogens (tertiary/aromatic N) is 1. The van der Waals surface area contributed by atoms with Crippen LogP contribution in [-0.4, -0.2) is 17.2 Å². The van der Waals surface area contributed by atoms with Crippen LogP contribution in [-0.2, 0) is 12.8 Å². The molecule has 0 spiro atoms. The minimum Gasteiger partial charge on any atom is -0.508 e. The molecule has 1 heterocycles. The van der Waals surface area contributed by atoms with Gasteiger partial charge < -0.3 is 10.4 Å². The molecule has 0 bridgehead atoms. The molecule has 0 fully saturated rings. The molecule has 0 aliphatic heterocycles. The first-order valence-corrected chi connectivity index (χ1v) is 10.9. The Morgan fingerprint density at radius 3 is 2.45 bits per heavy atom. The van der Waals surface area contributed by atoms with Crippen LogP contribution in [0.5, 0.6) is 5.75 Å². The Labute approximate surface area is 175 Å². The fourth-order valence-electron chi connectivity index (χ4n) is 3.64. The summed E-state index contributed by atoms with van der Waals surface area (Å²) >= 11 is 1.64. The van der Waals surface area contributed by atoms with Gasteiger partial charge in [0.1, 0.15) is 10.8 Å². The summed E-state index contributed by atoms with van der Waals surface area (Å²) in [6.07, 6.45) is 8.43. The Hall–Kier alpha value is -2.92. The van der Waals surface area contributed by atoms with E-state index in [0.29, 0.717) is 5.56 Å². The molecule has 1 amide bonds. The van der Waals surface area contributed by atoms with Gasteiger partial charge in [-0.1, -0.05) is 31.0 Å². The lowest BCUT2D eigenvalue weighted by atomic mass is 9.96. The maximum atomic E-state index is 13.2. The van der Waals surface area contributed by atoms with Crippen molar-refractivity contribution >= 4 is 34.1 Å². The van der Waals surface area contributed by atoms with E-state index < -0.39 is 0 Å². The molecule has 0 atom stereocenters. The molecule has 2 aromatic carbocycles. The van der Waals surface area contributed by atoms with Gasteiger partial charge in [0.15, 0.2) is 0 Å². The first-order chi connectivity index (χ1) is 14.2. The molecule has 29 heavy (non-hydrogen) atoms. The van der Waals surface area contributed by atoms with Gasteiger partial charge in [-0.3, -0.25) is 4.79 Å². The Kier molecular flexibility index (Phi) is 6.06. The Morgan fingerprint density at radius 1 is 0.966 bits per heavy atom. The van der Waals surface area contributed by atoms with E-state index in [1.165, 1.54) is 23.3 Å². The Balaban J connectivity index is 1.70. The van der Waals surface area contributed by atoms with E-state index in [0.717, 1.165) is 41.9 Å². The number of phenolic OH excluding ortho intramolecular Hbond substituents is 1. The number of aryl methyl sites for hydroxylation is 1. The summed E-state index contributed by atoms with van der Waals surface area (Å²) < 4.78 is 0. The summed E-state index contributed by atoms with van der Waals surface area (Å²) in [7, 11) is 0. The lowest BCUT2D eigenvalue weighted by molar-refractivity contribution is 0.102. The molecule has 1 aliphatic carbocycles. The number of hydrogen-bond donors (Lipinski definition) is 2. The quantitative estimate of drug-likeness (QED) is 0.515. The van der Waals surface area contributed by atoms with E-state index in [1.54, 1.807) is 29.7 Å². The van der Waals surface area contributed by atoms with Crippen molar-refractivity contribution in [3.05, 3.63) is 76.2 Å². The minimum absolute atomic E-state index is 0.0906. The summed E-state index contributed by atoms with van der Waals surface area (Å²) in [6.45, 7) is 0. The monoisotopic (exact) mass is 404 g/mol. The average molecular weight is 405 g/mol. The van der Waals surface area contributed by atoms with Crippen LogP contribution in [0.3, 0.4) is 0 Å². The van der Waals surface area contributed by atoms with Gasteiger partial charge >= 0.3 is 0 Å². The number of nitrogens with one attached hydrogen (secondary N) is 1. The van der Waals surface area contributed by atoms with E-state index in [4.69, 9.17) is 0 Å². The number of anilines is 1. The Bertz CT molecular complexity index is 1010. The fourth-order valence-corrected chi connectivity index (χ4v) is 4.87. The number of amides is 1. The smallest absolute Gasteiger partial charge is 0.259 e. The highest BCUT2D eigenvalue weighted by Crippen LogP contribution is 2.39. The van der Waals surface area contributed by atoms with Gasteiger partial charge in [0.2, 0.25) is 0 Å². The molecule has 0 radical (unpaired) electrons. The average Bonchev–Trinajstić information content (AvgIpc) is 3.05. The van der Waals surface area contributed by atoms with Crippen LogP contribution in [0.25, 0.3) is 0 Å². The van der Waals surface area contributed by atoms with Crippen LogP contribution in [0, 0.1) is 0 Å². The summed E-state index contributed by atoms with van der Waals surface area (Å²) in [5.41, 5.74) is 3.56. The van der Waals surface area contributed by atoms with Crippen molar-refractivity contribution in [1.82, 2.24) is 0 Å². The zero-order valence-electron chi connectivity index (χ0n) is 16.2. The lowest BCUT2D eigenvalue weighted by Crippen LogP contribution is -2.14. The van der Waals surface area contributed by atoms with Crippen molar-refractivity contribution in [2.45, 2.75) is 38.5 Å². The number of thiophene rings is 1. The van der Waals surface area contributed by atoms with Crippen LogP contribution in [0.1, 0.15) is 52.0 Å². The van der Waals surface area contributed by atoms with Crippen molar-refractivity contribution in [2.24, 2.45) is 4.99 Å². The first kappa shape index (κ1) is 19.4. The normalized spacial score (nSPS) is 14.2. The van der Waals surface area contributed by atoms with Gasteiger partial charge in [-0.2, -0.15) is 0 Å². The van der Waals surface area contributed by atoms with E-state index in [2.05, 4.69) is 10.3 Å². The number of rotatable bonds is 4. The van der Waals surface area contributed by atoms with Gasteiger partial charge in [-0.05, 0) is 73.2 Å². The van der Waals surface area contributed by atoms with Gasteiger partial charge in [-0.15, -0.1) is 11.3 Å². The zero-order valence-corrected chi connectivity index (χ0v) is 17.0. The van der Waals surface area contributed by atoms with Crippen molar-refractivity contribution < 1.29 is 9.90 Å². The van der Waals surface area contributed by atoms with Crippen LogP contribution >= 0.6 is 11.3 Å². The molecule has 4 rings (SSSR count). The second kappa shape index (κ2) is 9.05. The van der Waals surface area contributed by atoms with Gasteiger partial charge in [0.05, 0.1) is 5.56 Å². The van der Waals surface area contributed by atoms with Crippen LogP contribution in [0.15, 0.2) is 59.6 Å². The number of carbonyl (C=O) groups excluding carboxylic acids is 1. The molecule has 0 saturated carbocycles. The maximum absolute atomic E-state index is 13.2. The minimum atomic E-state index is -0.0906. The molecule has 148 valence electrons. The number of hydrogen-bond acceptors (Lipinski definition) is 4. The standard InChI is InChI=1S/C24H24N2O2S/c27-19-14-12-17(13-15-19)16-25-24-22(23(28)26-18-8-4-3-5-9-18)20-10-6-1-2-7-11-21(20)29-24/h3-5,8-9,12-16,27H,1-2,6-7,10-11H2,(H,26,28). The third-order valence-electron chi connectivity index (χ3n) is 5.14. The molecular formula is C24H24N2O2S. The number of phenols is 1. The number of carbonyl (C=O) groups is 1. The zero-order chi connectivity index (χ0) is 20.1. The van der Waals surface area contributed by atoms with Crippen molar-refractivity contribution in [2.75, 3.05) is 5.32 Å². The highest BCUT2D eigenvalue weighted by molar-refractivity contribution is 7.16. The van der Waals surface area contributed by atoms with E-state index in [9.17, 15) is 9.90 Å². The molecule has 1 aromatic heterocycles. The molecular weight excluding hydrogens is 380 g/mol. The molecule has 5 heteroatoms. The molecule has 0 unspecified atom stereocenters. The van der Waals surface area contributed by atoms with Crippen LogP contribution in [0.2, 0.25) is 0 Å². The van der Waals surface area contributed by atoms with E-state index in [1.807, 2.05) is 42.5 Å². The van der Waals surface area contributed by atoms with Crippen molar-refractivity contribution in [1.29, 1.82) is 0 Å². The lowest BCUT2D eigenvalue weighted by Gasteiger charge is -2.12. The highest BCUT2D eigenvalue weighted by atomic mass is 32.1. The first-order valence-electron chi connectivity index (χ1n) is 10.0. The van der Waals surface area contributed by atoms with Gasteiger partial charge in [-0.25, -0.2) is 4.99 Å². The molecule has 4 nitrogen and oxygen atoms in total. The predicted octanol–water partition coefficient (Wildman–Crippen LogP) is 6.12. The predicted molar refractivity (Wildman–Crippen MR) is 120 cm³/mol. The van der Waals surface area contributed by atoms with Gasteiger partial charge in [0, 0.05) is 16.8 Å². The third-order valence-corrected chi connectivity index (χ3v) is 6.34. The number of aliphatic imine (C=N–C) groups is 1. The summed E-state index contributed by atoms with van der Waals surface area (Å²) in [4.78, 5) is 19.2. The molecule has 3 aromatic rings. The van der Waals surface area contributed by atoms with Gasteiger partial charge in [0.25, 0.3) is 5.91 Å². The second-order valence-corrected chi connectivity index (χ2v) is 8.35. The molecule has 2 N–H and O–H groups in total. The van der Waals surface area contributed by atoms with E-state index in [-0.39, 0.29) is 11.7 Å². The highest BCUT2D eigenvalue weighted by Gasteiger charge is 2.24. The summed E-state index contributed by atoms with van der Waals surface area (Å²) in [5, 5.41) is 13.3. The number of benzene rings is 2. The molecule has 1 aliphatic rings. The number of para-hydroxylation sites is 1. The summed E-state index contributed by atoms with van der Waals surface area (Å²) in [5.74, 6) is 0.135. The van der Waals surface area contributed by atoms with Crippen molar-refractivity contribution in [3.8, 4) is 5.75 Å². The number of fused-ring (bicyclic) bond motifs is 1. The molecule has 0 saturated heterocycles. The third kappa shape index (κ3) is 4.74. The van der Waals surface area contributed by atoms with Crippen molar-refractivity contribution in [3.63, 3.8) is 0 Å². The summed E-state index contributed by atoms with van der Waals surface area (Å²) in [6, 6.07) is 16.5. The fraction of sp³-hybridized carbons (Fsp3) is 0.250. The SMILES string of the molecule is O=C(Nc1ccccc1)c1c(N=Cc2ccc(O)cc2)sc2c1CCCCCC2. The topological polar surface area (TPSA) is 61.7 Å².